The van der Waals surface area contributed by atoms with Crippen LogP contribution in [0.3, 0.4) is 0 Å². The largest absolute Gasteiger partial charge is 0.409 e. The fraction of sp³-hybridized carbons (Fsp3) is 0.417. The molecular weight excluding hydrogens is 232 g/mol. The van der Waals surface area contributed by atoms with Crippen LogP contribution < -0.4 is 5.73 Å². The Kier molecular flexibility index (Phi) is 5.10. The molecule has 0 bridgehead atoms. The van der Waals surface area contributed by atoms with Gasteiger partial charge in [0.15, 0.2) is 5.84 Å². The molecule has 0 saturated heterocycles. The summed E-state index contributed by atoms with van der Waals surface area (Å²) in [5, 5.41) is 11.4. The van der Waals surface area contributed by atoms with Crippen LogP contribution in [-0.4, -0.2) is 40.4 Å². The summed E-state index contributed by atoms with van der Waals surface area (Å²) in [5.41, 5.74) is 6.24. The molecule has 0 fully saturated rings. The Bertz CT molecular complexity index is 428. The quantitative estimate of drug-likeness (QED) is 0.353. The number of aromatic nitrogens is 1. The number of unbranched alkanes of at least 4 members (excludes halogenated alkanes) is 1. The Hall–Kier alpha value is -2.11. The topological polar surface area (TPSA) is 91.8 Å². The van der Waals surface area contributed by atoms with E-state index in [1.165, 1.54) is 6.20 Å². The van der Waals surface area contributed by atoms with Gasteiger partial charge in [0.25, 0.3) is 5.91 Å². The van der Waals surface area contributed by atoms with E-state index in [-0.39, 0.29) is 11.7 Å². The molecule has 0 atom stereocenters. The molecule has 3 N–H and O–H groups in total. The number of oxime groups is 1. The Morgan fingerprint density at radius 3 is 2.78 bits per heavy atom. The van der Waals surface area contributed by atoms with Crippen molar-refractivity contribution in [3.05, 3.63) is 29.6 Å². The summed E-state index contributed by atoms with van der Waals surface area (Å²) in [6, 6.07) is 3.17. The predicted octanol–water partition coefficient (Wildman–Crippen LogP) is 1.05. The van der Waals surface area contributed by atoms with Crippen molar-refractivity contribution in [2.75, 3.05) is 13.6 Å². The first-order valence-corrected chi connectivity index (χ1v) is 5.79. The average Bonchev–Trinajstić information content (AvgIpc) is 2.43. The minimum Gasteiger partial charge on any atom is -0.409 e. The number of rotatable bonds is 5. The zero-order valence-electron chi connectivity index (χ0n) is 10.6. The lowest BCUT2D eigenvalue weighted by molar-refractivity contribution is 0.0787. The Morgan fingerprint density at radius 2 is 2.28 bits per heavy atom. The molecule has 1 amide bonds. The summed E-state index contributed by atoms with van der Waals surface area (Å²) in [7, 11) is 1.75. The highest BCUT2D eigenvalue weighted by Gasteiger charge is 2.12. The first-order valence-electron chi connectivity index (χ1n) is 5.79. The monoisotopic (exact) mass is 250 g/mol. The van der Waals surface area contributed by atoms with Crippen LogP contribution in [0.25, 0.3) is 0 Å². The number of nitrogens with zero attached hydrogens (tertiary/aromatic N) is 3. The molecule has 0 aliphatic heterocycles. The molecule has 1 aromatic heterocycles. The van der Waals surface area contributed by atoms with Gasteiger partial charge in [0.2, 0.25) is 0 Å². The maximum absolute atomic E-state index is 12.0. The minimum atomic E-state index is -0.130. The highest BCUT2D eigenvalue weighted by atomic mass is 16.4. The van der Waals surface area contributed by atoms with Gasteiger partial charge in [-0.3, -0.25) is 9.78 Å². The average molecular weight is 250 g/mol. The van der Waals surface area contributed by atoms with Gasteiger partial charge in [-0.2, -0.15) is 0 Å². The van der Waals surface area contributed by atoms with Crippen LogP contribution in [0.1, 0.15) is 35.8 Å². The summed E-state index contributed by atoms with van der Waals surface area (Å²) < 4.78 is 0. The number of hydrogen-bond acceptors (Lipinski definition) is 4. The van der Waals surface area contributed by atoms with Crippen molar-refractivity contribution in [2.45, 2.75) is 19.8 Å². The molecule has 0 radical (unpaired) electrons. The third-order valence-corrected chi connectivity index (χ3v) is 2.58. The van der Waals surface area contributed by atoms with Crippen molar-refractivity contribution < 1.29 is 10.0 Å². The third-order valence-electron chi connectivity index (χ3n) is 2.58. The number of nitrogens with two attached hydrogens (primary N) is 1. The molecule has 0 aliphatic rings. The van der Waals surface area contributed by atoms with E-state index < -0.39 is 0 Å². The lowest BCUT2D eigenvalue weighted by atomic mass is 10.2. The van der Waals surface area contributed by atoms with Crippen LogP contribution in [0.4, 0.5) is 0 Å². The summed E-state index contributed by atoms with van der Waals surface area (Å²) in [5.74, 6) is -0.157. The molecule has 1 rings (SSSR count). The van der Waals surface area contributed by atoms with E-state index in [9.17, 15) is 4.79 Å². The Morgan fingerprint density at radius 1 is 1.56 bits per heavy atom. The molecule has 1 aromatic rings. The first kappa shape index (κ1) is 14.0. The zero-order chi connectivity index (χ0) is 13.5. The second kappa shape index (κ2) is 6.58. The van der Waals surface area contributed by atoms with Crippen LogP contribution in [0.5, 0.6) is 0 Å². The van der Waals surface area contributed by atoms with Crippen molar-refractivity contribution in [1.82, 2.24) is 9.88 Å². The molecule has 0 saturated carbocycles. The molecular formula is C12H18N4O2. The van der Waals surface area contributed by atoms with Crippen LogP contribution in [0.15, 0.2) is 23.5 Å². The molecule has 1 heterocycles. The standard InChI is InChI=1S/C12H18N4O2/c1-3-4-7-16(2)12(17)10-6-5-9(8-14-10)11(13)15-18/h5-6,8,18H,3-4,7H2,1-2H3,(H2,13,15). The third kappa shape index (κ3) is 3.44. The van der Waals surface area contributed by atoms with Crippen molar-refractivity contribution in [3.8, 4) is 0 Å². The first-order chi connectivity index (χ1) is 8.60. The van der Waals surface area contributed by atoms with Crippen LogP contribution >= 0.6 is 0 Å². The molecule has 98 valence electrons. The van der Waals surface area contributed by atoms with Crippen LogP contribution in [0, 0.1) is 0 Å². The van der Waals surface area contributed by atoms with Crippen molar-refractivity contribution in [1.29, 1.82) is 0 Å². The van der Waals surface area contributed by atoms with Gasteiger partial charge in [-0.1, -0.05) is 18.5 Å². The van der Waals surface area contributed by atoms with Crippen LogP contribution in [0.2, 0.25) is 0 Å². The summed E-state index contributed by atoms with van der Waals surface area (Å²) in [6.07, 6.45) is 3.41. The van der Waals surface area contributed by atoms with Crippen molar-refractivity contribution >= 4 is 11.7 Å². The number of hydrogen-bond donors (Lipinski definition) is 2. The van der Waals surface area contributed by atoms with Gasteiger partial charge in [-0.05, 0) is 18.6 Å². The predicted molar refractivity (Wildman–Crippen MR) is 68.6 cm³/mol. The maximum Gasteiger partial charge on any atom is 0.272 e. The second-order valence-electron chi connectivity index (χ2n) is 4.00. The molecule has 6 nitrogen and oxygen atoms in total. The number of carbonyl (C=O) groups excluding carboxylic acids is 1. The van der Waals surface area contributed by atoms with E-state index in [1.54, 1.807) is 24.1 Å². The summed E-state index contributed by atoms with van der Waals surface area (Å²) in [6.45, 7) is 2.78. The van der Waals surface area contributed by atoms with Crippen molar-refractivity contribution in [2.24, 2.45) is 10.9 Å². The zero-order valence-corrected chi connectivity index (χ0v) is 10.6. The van der Waals surface area contributed by atoms with E-state index in [0.29, 0.717) is 17.8 Å². The summed E-state index contributed by atoms with van der Waals surface area (Å²) in [4.78, 5) is 17.6. The Labute approximate surface area is 106 Å². The molecule has 0 aliphatic carbocycles. The van der Waals surface area contributed by atoms with E-state index in [0.717, 1.165) is 12.8 Å². The van der Waals surface area contributed by atoms with E-state index >= 15 is 0 Å². The van der Waals surface area contributed by atoms with Gasteiger partial charge in [-0.15, -0.1) is 0 Å². The number of amides is 1. The SMILES string of the molecule is CCCCN(C)C(=O)c1ccc(C(N)=NO)cn1. The van der Waals surface area contributed by atoms with E-state index in [2.05, 4.69) is 17.1 Å². The fourth-order valence-corrected chi connectivity index (χ4v) is 1.42. The molecule has 6 heteroatoms. The second-order valence-corrected chi connectivity index (χ2v) is 4.00. The lowest BCUT2D eigenvalue weighted by Crippen LogP contribution is -2.28. The maximum atomic E-state index is 12.0. The van der Waals surface area contributed by atoms with Gasteiger partial charge in [0.05, 0.1) is 0 Å². The molecule has 0 unspecified atom stereocenters. The van der Waals surface area contributed by atoms with Crippen LogP contribution in [-0.2, 0) is 0 Å². The van der Waals surface area contributed by atoms with Gasteiger partial charge < -0.3 is 15.8 Å². The van der Waals surface area contributed by atoms with Gasteiger partial charge in [-0.25, -0.2) is 0 Å². The lowest BCUT2D eigenvalue weighted by Gasteiger charge is -2.16. The smallest absolute Gasteiger partial charge is 0.272 e. The van der Waals surface area contributed by atoms with Gasteiger partial charge in [0, 0.05) is 25.4 Å². The minimum absolute atomic E-state index is 0.0270. The highest BCUT2D eigenvalue weighted by Crippen LogP contribution is 2.04. The number of amidine groups is 1. The molecule has 18 heavy (non-hydrogen) atoms. The van der Waals surface area contributed by atoms with E-state index in [4.69, 9.17) is 10.9 Å². The normalized spacial score (nSPS) is 11.3. The molecule has 0 aromatic carbocycles. The fourth-order valence-electron chi connectivity index (χ4n) is 1.42. The van der Waals surface area contributed by atoms with Gasteiger partial charge >= 0.3 is 0 Å². The number of carbonyl (C=O) groups is 1. The van der Waals surface area contributed by atoms with Gasteiger partial charge in [0.1, 0.15) is 5.69 Å². The number of pyridine rings is 1. The van der Waals surface area contributed by atoms with E-state index in [1.807, 2.05) is 0 Å². The highest BCUT2D eigenvalue weighted by molar-refractivity contribution is 5.98. The Balaban J connectivity index is 2.76. The van der Waals surface area contributed by atoms with Crippen molar-refractivity contribution in [3.63, 3.8) is 0 Å². The molecule has 0 spiro atoms. The summed E-state index contributed by atoms with van der Waals surface area (Å²) >= 11 is 0.